The van der Waals surface area contributed by atoms with E-state index in [1.807, 2.05) is 0 Å². The van der Waals surface area contributed by atoms with E-state index < -0.39 is 26.1 Å². The summed E-state index contributed by atoms with van der Waals surface area (Å²) < 4.78 is 14.9. The van der Waals surface area contributed by atoms with Crippen LogP contribution < -0.4 is 0 Å². The van der Waals surface area contributed by atoms with Crippen LogP contribution in [0, 0.1) is 0 Å². The Morgan fingerprint density at radius 1 is 1.00 bits per heavy atom. The molecule has 0 saturated heterocycles. The van der Waals surface area contributed by atoms with E-state index in [-0.39, 0.29) is 0 Å². The highest BCUT2D eigenvalue weighted by atomic mass is 28.5. The summed E-state index contributed by atoms with van der Waals surface area (Å²) in [5.41, 5.74) is 0. The Hall–Kier alpha value is 0.531. The summed E-state index contributed by atoms with van der Waals surface area (Å²) in [4.78, 5) is 0. The van der Waals surface area contributed by atoms with Crippen LogP contribution in [0.1, 0.15) is 13.8 Å². The third-order valence-electron chi connectivity index (χ3n) is 2.54. The van der Waals surface area contributed by atoms with Crippen LogP contribution >= 0.6 is 0 Å². The summed E-state index contributed by atoms with van der Waals surface area (Å²) in [5, 5.41) is 0. The predicted octanol–water partition coefficient (Wildman–Crippen LogP) is 2.75. The van der Waals surface area contributed by atoms with Crippen molar-refractivity contribution < 1.29 is 8.23 Å². The van der Waals surface area contributed by atoms with Crippen molar-refractivity contribution in [2.45, 2.75) is 53.1 Å². The maximum atomic E-state index is 6.40. The predicted molar refractivity (Wildman–Crippen MR) is 78.9 cm³/mol. The molecule has 0 atom stereocenters. The van der Waals surface area contributed by atoms with Gasteiger partial charge in [0.05, 0.1) is 0 Å². The zero-order chi connectivity index (χ0) is 13.0. The van der Waals surface area contributed by atoms with Crippen molar-refractivity contribution in [3.8, 4) is 0 Å². The minimum absolute atomic E-state index is 0.994. The van der Waals surface area contributed by atoms with Gasteiger partial charge in [0.2, 0.25) is 0 Å². The van der Waals surface area contributed by atoms with Gasteiger partial charge in [-0.1, -0.05) is 13.8 Å². The minimum atomic E-state index is -1.92. The molecule has 0 fully saturated rings. The Bertz CT molecular complexity index is 206. The van der Waals surface area contributed by atoms with Gasteiger partial charge in [-0.15, -0.1) is 0 Å². The molecule has 0 aliphatic carbocycles. The standard InChI is InChI=1S/C10H29NO2Si3/c1-9-11(10-2)15(5,6)13-16(7,8)12-14(3)4/h14H,9-10H2,1-8H3. The van der Waals surface area contributed by atoms with Crippen molar-refractivity contribution in [1.29, 1.82) is 0 Å². The van der Waals surface area contributed by atoms with Crippen LogP contribution in [-0.2, 0) is 8.23 Å². The molecule has 0 N–H and O–H groups in total. The van der Waals surface area contributed by atoms with Gasteiger partial charge in [-0.25, -0.2) is 0 Å². The third kappa shape index (κ3) is 5.74. The van der Waals surface area contributed by atoms with Crippen LogP contribution in [0.25, 0.3) is 0 Å². The van der Waals surface area contributed by atoms with E-state index in [2.05, 4.69) is 57.7 Å². The number of rotatable bonds is 7. The molecular formula is C10H29NO2Si3. The Morgan fingerprint density at radius 3 is 1.75 bits per heavy atom. The van der Waals surface area contributed by atoms with Gasteiger partial charge in [0, 0.05) is 0 Å². The Balaban J connectivity index is 4.54. The maximum Gasteiger partial charge on any atom is 0.311 e. The van der Waals surface area contributed by atoms with Gasteiger partial charge in [0.1, 0.15) is 0 Å². The second kappa shape index (κ2) is 6.46. The second-order valence-electron chi connectivity index (χ2n) is 5.29. The monoisotopic (exact) mass is 279 g/mol. The van der Waals surface area contributed by atoms with Gasteiger partial charge in [-0.3, -0.25) is 0 Å². The van der Waals surface area contributed by atoms with Crippen LogP contribution in [0.15, 0.2) is 0 Å². The molecule has 0 heterocycles. The Morgan fingerprint density at radius 2 is 1.44 bits per heavy atom. The largest absolute Gasteiger partial charge is 0.440 e. The number of hydrogen-bond acceptors (Lipinski definition) is 3. The molecule has 0 saturated carbocycles. The molecule has 0 aromatic heterocycles. The fourth-order valence-electron chi connectivity index (χ4n) is 2.24. The van der Waals surface area contributed by atoms with Crippen molar-refractivity contribution in [1.82, 2.24) is 4.57 Å². The smallest absolute Gasteiger partial charge is 0.311 e. The maximum absolute atomic E-state index is 6.40. The lowest BCUT2D eigenvalue weighted by atomic mass is 10.7. The van der Waals surface area contributed by atoms with Gasteiger partial charge < -0.3 is 12.8 Å². The van der Waals surface area contributed by atoms with Crippen LogP contribution in [-0.4, -0.2) is 43.7 Å². The zero-order valence-electron chi connectivity index (χ0n) is 12.3. The molecule has 0 aromatic rings. The van der Waals surface area contributed by atoms with Crippen LogP contribution in [0.2, 0.25) is 39.3 Å². The summed E-state index contributed by atoms with van der Waals surface area (Å²) in [6.45, 7) is 19.9. The first-order valence-corrected chi connectivity index (χ1v) is 14.7. The highest BCUT2D eigenvalue weighted by Gasteiger charge is 2.38. The molecule has 0 amide bonds. The van der Waals surface area contributed by atoms with Gasteiger partial charge in [-0.05, 0) is 52.4 Å². The molecule has 0 aliphatic heterocycles. The molecule has 98 valence electrons. The van der Waals surface area contributed by atoms with Gasteiger partial charge in [-0.2, -0.15) is 0 Å². The van der Waals surface area contributed by atoms with Crippen molar-refractivity contribution in [3.05, 3.63) is 0 Å². The molecule has 0 spiro atoms. The molecule has 0 unspecified atom stereocenters. The van der Waals surface area contributed by atoms with E-state index >= 15 is 0 Å². The average Bonchev–Trinajstić information content (AvgIpc) is 1.99. The van der Waals surface area contributed by atoms with Crippen molar-refractivity contribution >= 4 is 26.1 Å². The first kappa shape index (κ1) is 16.5. The lowest BCUT2D eigenvalue weighted by Crippen LogP contribution is -2.58. The van der Waals surface area contributed by atoms with E-state index in [0.29, 0.717) is 0 Å². The number of hydrogen-bond donors (Lipinski definition) is 0. The van der Waals surface area contributed by atoms with E-state index in [9.17, 15) is 0 Å². The zero-order valence-corrected chi connectivity index (χ0v) is 15.4. The van der Waals surface area contributed by atoms with Gasteiger partial charge in [0.15, 0.2) is 9.04 Å². The highest BCUT2D eigenvalue weighted by Crippen LogP contribution is 2.19. The molecule has 0 radical (unpaired) electrons. The van der Waals surface area contributed by atoms with E-state index in [1.54, 1.807) is 0 Å². The van der Waals surface area contributed by atoms with Crippen LogP contribution in [0.3, 0.4) is 0 Å². The quantitative estimate of drug-likeness (QED) is 0.669. The molecule has 0 rings (SSSR count). The summed E-state index contributed by atoms with van der Waals surface area (Å²) in [7, 11) is -4.65. The minimum Gasteiger partial charge on any atom is -0.440 e. The van der Waals surface area contributed by atoms with E-state index in [1.165, 1.54) is 0 Å². The molecule has 3 nitrogen and oxygen atoms in total. The first-order valence-electron chi connectivity index (χ1n) is 6.27. The fraction of sp³-hybridized carbons (Fsp3) is 1.00. The lowest BCUT2D eigenvalue weighted by molar-refractivity contribution is 0.329. The van der Waals surface area contributed by atoms with Crippen molar-refractivity contribution in [3.63, 3.8) is 0 Å². The average molecular weight is 280 g/mol. The van der Waals surface area contributed by atoms with Crippen LogP contribution in [0.4, 0.5) is 0 Å². The SMILES string of the molecule is CCN(CC)[Si](C)(C)O[Si](C)(C)O[SiH](C)C. The molecule has 0 aromatic carbocycles. The number of nitrogens with zero attached hydrogens (tertiary/aromatic N) is 1. The Kier molecular flexibility index (Phi) is 6.67. The van der Waals surface area contributed by atoms with Gasteiger partial charge in [0.25, 0.3) is 8.48 Å². The second-order valence-corrected chi connectivity index (χ2v) is 15.5. The molecule has 0 aliphatic rings. The lowest BCUT2D eigenvalue weighted by Gasteiger charge is -2.40. The molecule has 0 bridgehead atoms. The Labute approximate surface area is 105 Å². The van der Waals surface area contributed by atoms with Crippen molar-refractivity contribution in [2.24, 2.45) is 0 Å². The van der Waals surface area contributed by atoms with Gasteiger partial charge >= 0.3 is 8.56 Å². The molecular weight excluding hydrogens is 250 g/mol. The molecule has 6 heteroatoms. The van der Waals surface area contributed by atoms with E-state index in [0.717, 1.165) is 13.1 Å². The van der Waals surface area contributed by atoms with Crippen molar-refractivity contribution in [2.75, 3.05) is 13.1 Å². The van der Waals surface area contributed by atoms with E-state index in [4.69, 9.17) is 8.23 Å². The third-order valence-corrected chi connectivity index (χ3v) is 12.8. The molecule has 16 heavy (non-hydrogen) atoms. The normalized spacial score (nSPS) is 13.9. The summed E-state index contributed by atoms with van der Waals surface area (Å²) in [6, 6.07) is 0. The first-order chi connectivity index (χ1) is 7.14. The summed E-state index contributed by atoms with van der Waals surface area (Å²) >= 11 is 0. The summed E-state index contributed by atoms with van der Waals surface area (Å²) in [6.07, 6.45) is 0. The highest BCUT2D eigenvalue weighted by molar-refractivity contribution is 6.83. The summed E-state index contributed by atoms with van der Waals surface area (Å²) in [5.74, 6) is 0. The van der Waals surface area contributed by atoms with Crippen LogP contribution in [0.5, 0.6) is 0 Å². The topological polar surface area (TPSA) is 21.7 Å². The fourth-order valence-corrected chi connectivity index (χ4v) is 14.3.